The van der Waals surface area contributed by atoms with E-state index in [1.165, 1.54) is 0 Å². The zero-order valence-corrected chi connectivity index (χ0v) is 15.5. The van der Waals surface area contributed by atoms with Crippen molar-refractivity contribution in [3.8, 4) is 0 Å². The minimum atomic E-state index is -0.194. The number of likely N-dealkylation sites (tertiary alicyclic amines) is 1. The lowest BCUT2D eigenvalue weighted by molar-refractivity contribution is -0.132. The molecular weight excluding hydrogens is 338 g/mol. The molecule has 5 heteroatoms. The van der Waals surface area contributed by atoms with E-state index >= 15 is 0 Å². The maximum absolute atomic E-state index is 12.7. The molecule has 1 aliphatic rings. The Morgan fingerprint density at radius 1 is 1.07 bits per heavy atom. The van der Waals surface area contributed by atoms with Crippen molar-refractivity contribution in [2.45, 2.75) is 37.8 Å². The first-order valence-electron chi connectivity index (χ1n) is 9.55. The van der Waals surface area contributed by atoms with E-state index in [9.17, 15) is 9.59 Å². The number of benzene rings is 2. The number of carbonyl (C=O) groups excluding carboxylic acids is 2. The SMILES string of the molecule is NC(CC(=O)N1CCCC1CNC(=O)c1ccccc1)Cc1ccccc1. The Bertz CT molecular complexity index is 749. The Balaban J connectivity index is 1.49. The summed E-state index contributed by atoms with van der Waals surface area (Å²) >= 11 is 0. The highest BCUT2D eigenvalue weighted by Gasteiger charge is 2.29. The zero-order valence-electron chi connectivity index (χ0n) is 15.5. The van der Waals surface area contributed by atoms with Crippen LogP contribution in [0.5, 0.6) is 0 Å². The van der Waals surface area contributed by atoms with Crippen LogP contribution in [0.15, 0.2) is 60.7 Å². The molecule has 0 radical (unpaired) electrons. The molecule has 1 saturated heterocycles. The molecule has 0 aliphatic carbocycles. The van der Waals surface area contributed by atoms with Crippen LogP contribution < -0.4 is 11.1 Å². The number of nitrogens with two attached hydrogens (primary N) is 1. The van der Waals surface area contributed by atoms with E-state index in [0.29, 0.717) is 24.9 Å². The second kappa shape index (κ2) is 9.33. The molecule has 2 amide bonds. The predicted octanol–water partition coefficient (Wildman–Crippen LogP) is 2.37. The van der Waals surface area contributed by atoms with E-state index in [-0.39, 0.29) is 23.9 Å². The summed E-state index contributed by atoms with van der Waals surface area (Å²) in [6, 6.07) is 19.0. The third-order valence-electron chi connectivity index (χ3n) is 5.01. The number of carbonyl (C=O) groups is 2. The van der Waals surface area contributed by atoms with Crippen molar-refractivity contribution in [3.63, 3.8) is 0 Å². The third-order valence-corrected chi connectivity index (χ3v) is 5.01. The molecule has 2 atom stereocenters. The van der Waals surface area contributed by atoms with E-state index in [4.69, 9.17) is 5.73 Å². The van der Waals surface area contributed by atoms with Gasteiger partial charge in [-0.1, -0.05) is 48.5 Å². The summed E-state index contributed by atoms with van der Waals surface area (Å²) in [5, 5.41) is 2.95. The first-order chi connectivity index (χ1) is 13.1. The minimum Gasteiger partial charge on any atom is -0.350 e. The number of nitrogens with zero attached hydrogens (tertiary/aromatic N) is 1. The standard InChI is InChI=1S/C22H27N3O2/c23-19(14-17-8-3-1-4-9-17)15-21(26)25-13-7-12-20(25)16-24-22(27)18-10-5-2-6-11-18/h1-6,8-11,19-20H,7,12-16,23H2,(H,24,27). The largest absolute Gasteiger partial charge is 0.350 e. The second-order valence-corrected chi connectivity index (χ2v) is 7.11. The number of rotatable bonds is 7. The average Bonchev–Trinajstić information content (AvgIpc) is 3.16. The summed E-state index contributed by atoms with van der Waals surface area (Å²) in [6.07, 6.45) is 2.90. The van der Waals surface area contributed by atoms with Gasteiger partial charge < -0.3 is 16.0 Å². The molecule has 3 rings (SSSR count). The van der Waals surface area contributed by atoms with Gasteiger partial charge in [-0.05, 0) is 37.0 Å². The van der Waals surface area contributed by atoms with Gasteiger partial charge in [0.05, 0.1) is 0 Å². The Morgan fingerprint density at radius 3 is 2.44 bits per heavy atom. The van der Waals surface area contributed by atoms with Crippen LogP contribution in [0.4, 0.5) is 0 Å². The van der Waals surface area contributed by atoms with Crippen molar-refractivity contribution in [1.82, 2.24) is 10.2 Å². The number of amides is 2. The van der Waals surface area contributed by atoms with Gasteiger partial charge in [-0.15, -0.1) is 0 Å². The highest BCUT2D eigenvalue weighted by Crippen LogP contribution is 2.19. The zero-order chi connectivity index (χ0) is 19.1. The van der Waals surface area contributed by atoms with Gasteiger partial charge >= 0.3 is 0 Å². The molecule has 0 saturated carbocycles. The van der Waals surface area contributed by atoms with Crippen LogP contribution in [0.2, 0.25) is 0 Å². The molecule has 2 aromatic rings. The molecule has 1 fully saturated rings. The maximum atomic E-state index is 12.7. The lowest BCUT2D eigenvalue weighted by atomic mass is 10.0. The summed E-state index contributed by atoms with van der Waals surface area (Å²) in [5.74, 6) is -0.0226. The Labute approximate surface area is 160 Å². The molecule has 2 aromatic carbocycles. The van der Waals surface area contributed by atoms with Crippen molar-refractivity contribution >= 4 is 11.8 Å². The molecule has 1 aliphatic heterocycles. The summed E-state index contributed by atoms with van der Waals surface area (Å²) in [7, 11) is 0. The number of hydrogen-bond donors (Lipinski definition) is 2. The van der Waals surface area contributed by atoms with Crippen molar-refractivity contribution in [3.05, 3.63) is 71.8 Å². The Kier molecular flexibility index (Phi) is 6.60. The smallest absolute Gasteiger partial charge is 0.251 e. The van der Waals surface area contributed by atoms with Crippen LogP contribution in [0.25, 0.3) is 0 Å². The molecule has 5 nitrogen and oxygen atoms in total. The van der Waals surface area contributed by atoms with E-state index in [1.807, 2.05) is 53.4 Å². The molecule has 2 unspecified atom stereocenters. The topological polar surface area (TPSA) is 75.4 Å². The second-order valence-electron chi connectivity index (χ2n) is 7.11. The first kappa shape index (κ1) is 19.1. The summed E-state index contributed by atoms with van der Waals surface area (Å²) < 4.78 is 0. The summed E-state index contributed by atoms with van der Waals surface area (Å²) in [5.41, 5.74) is 7.98. The molecular formula is C22H27N3O2. The lowest BCUT2D eigenvalue weighted by Crippen LogP contribution is -2.44. The highest BCUT2D eigenvalue weighted by atomic mass is 16.2. The van der Waals surface area contributed by atoms with Crippen molar-refractivity contribution < 1.29 is 9.59 Å². The summed E-state index contributed by atoms with van der Waals surface area (Å²) in [4.78, 5) is 26.8. The molecule has 0 spiro atoms. The van der Waals surface area contributed by atoms with Gasteiger partial charge in [-0.25, -0.2) is 0 Å². The van der Waals surface area contributed by atoms with Crippen LogP contribution in [0, 0.1) is 0 Å². The quantitative estimate of drug-likeness (QED) is 0.791. The molecule has 3 N–H and O–H groups in total. The van der Waals surface area contributed by atoms with Crippen molar-refractivity contribution in [2.24, 2.45) is 5.73 Å². The molecule has 1 heterocycles. The third kappa shape index (κ3) is 5.41. The van der Waals surface area contributed by atoms with Crippen molar-refractivity contribution in [2.75, 3.05) is 13.1 Å². The van der Waals surface area contributed by atoms with E-state index < -0.39 is 0 Å². The highest BCUT2D eigenvalue weighted by molar-refractivity contribution is 5.94. The molecule has 27 heavy (non-hydrogen) atoms. The minimum absolute atomic E-state index is 0.0501. The fourth-order valence-electron chi connectivity index (χ4n) is 3.61. The maximum Gasteiger partial charge on any atom is 0.251 e. The van der Waals surface area contributed by atoms with Gasteiger partial charge in [0.25, 0.3) is 5.91 Å². The van der Waals surface area contributed by atoms with Crippen molar-refractivity contribution in [1.29, 1.82) is 0 Å². The van der Waals surface area contributed by atoms with Gasteiger partial charge in [0.1, 0.15) is 0 Å². The molecule has 142 valence electrons. The van der Waals surface area contributed by atoms with Crippen LogP contribution in [0.1, 0.15) is 35.2 Å². The van der Waals surface area contributed by atoms with Gasteiger partial charge in [0.2, 0.25) is 5.91 Å². The van der Waals surface area contributed by atoms with E-state index in [1.54, 1.807) is 12.1 Å². The van der Waals surface area contributed by atoms with Gasteiger partial charge in [0, 0.05) is 37.2 Å². The normalized spacial score (nSPS) is 17.5. The monoisotopic (exact) mass is 365 g/mol. The summed E-state index contributed by atoms with van der Waals surface area (Å²) in [6.45, 7) is 1.22. The lowest BCUT2D eigenvalue weighted by Gasteiger charge is -2.26. The number of hydrogen-bond acceptors (Lipinski definition) is 3. The van der Waals surface area contributed by atoms with Gasteiger partial charge in [-0.3, -0.25) is 9.59 Å². The van der Waals surface area contributed by atoms with Crippen LogP contribution in [0.3, 0.4) is 0 Å². The van der Waals surface area contributed by atoms with Crippen LogP contribution in [-0.4, -0.2) is 41.9 Å². The Morgan fingerprint density at radius 2 is 1.74 bits per heavy atom. The van der Waals surface area contributed by atoms with E-state index in [0.717, 1.165) is 24.9 Å². The first-order valence-corrected chi connectivity index (χ1v) is 9.55. The molecule has 0 aromatic heterocycles. The van der Waals surface area contributed by atoms with Crippen LogP contribution >= 0.6 is 0 Å². The van der Waals surface area contributed by atoms with E-state index in [2.05, 4.69) is 5.32 Å². The predicted molar refractivity (Wildman–Crippen MR) is 106 cm³/mol. The molecule has 0 bridgehead atoms. The fourth-order valence-corrected chi connectivity index (χ4v) is 3.61. The van der Waals surface area contributed by atoms with Crippen LogP contribution in [-0.2, 0) is 11.2 Å². The Hall–Kier alpha value is -2.66. The average molecular weight is 365 g/mol. The van der Waals surface area contributed by atoms with Gasteiger partial charge in [-0.2, -0.15) is 0 Å². The fraction of sp³-hybridized carbons (Fsp3) is 0.364. The van der Waals surface area contributed by atoms with Gasteiger partial charge in [0.15, 0.2) is 0 Å². The number of nitrogens with one attached hydrogen (secondary N) is 1.